The van der Waals surface area contributed by atoms with Gasteiger partial charge < -0.3 is 4.90 Å². The van der Waals surface area contributed by atoms with Gasteiger partial charge in [-0.3, -0.25) is 14.7 Å². The van der Waals surface area contributed by atoms with Crippen LogP contribution in [0, 0.1) is 6.92 Å². The molecule has 1 fully saturated rings. The fraction of sp³-hybridized carbons (Fsp3) is 0.368. The minimum atomic E-state index is 0.230. The van der Waals surface area contributed by atoms with Gasteiger partial charge in [-0.25, -0.2) is 0 Å². The molecule has 0 aliphatic carbocycles. The molecule has 0 unspecified atom stereocenters. The minimum Gasteiger partial charge on any atom is -0.339 e. The molecule has 0 radical (unpaired) electrons. The van der Waals surface area contributed by atoms with Gasteiger partial charge in [-0.1, -0.05) is 22.0 Å². The Hall–Kier alpha value is -1.37. The highest BCUT2D eigenvalue weighted by molar-refractivity contribution is 9.10. The van der Waals surface area contributed by atoms with E-state index < -0.39 is 0 Å². The predicted octanol–water partition coefficient (Wildman–Crippen LogP) is 3.59. The van der Waals surface area contributed by atoms with E-state index in [1.165, 1.54) is 16.0 Å². The van der Waals surface area contributed by atoms with E-state index in [1.54, 1.807) is 18.0 Å². The molecule has 1 aromatic heterocycles. The van der Waals surface area contributed by atoms with Crippen molar-refractivity contribution < 1.29 is 4.79 Å². The lowest BCUT2D eigenvalue weighted by atomic mass is 10.2. The monoisotopic (exact) mass is 419 g/mol. The van der Waals surface area contributed by atoms with E-state index in [1.807, 2.05) is 23.2 Å². The van der Waals surface area contributed by atoms with Crippen LogP contribution in [0.15, 0.2) is 52.1 Å². The third-order valence-corrected chi connectivity index (χ3v) is 6.00. The summed E-state index contributed by atoms with van der Waals surface area (Å²) in [6, 6.07) is 10.3. The molecule has 1 aliphatic rings. The number of hydrogen-bond donors (Lipinski definition) is 0. The van der Waals surface area contributed by atoms with Crippen molar-refractivity contribution in [2.24, 2.45) is 0 Å². The number of thioether (sulfide) groups is 1. The van der Waals surface area contributed by atoms with E-state index >= 15 is 0 Å². The lowest BCUT2D eigenvalue weighted by Crippen LogP contribution is -2.48. The van der Waals surface area contributed by atoms with Crippen molar-refractivity contribution >= 4 is 33.6 Å². The first-order valence-corrected chi connectivity index (χ1v) is 10.2. The van der Waals surface area contributed by atoms with Crippen LogP contribution in [0.5, 0.6) is 0 Å². The molecule has 4 nitrogen and oxygen atoms in total. The molecule has 1 saturated heterocycles. The van der Waals surface area contributed by atoms with Crippen LogP contribution >= 0.6 is 27.7 Å². The summed E-state index contributed by atoms with van der Waals surface area (Å²) < 4.78 is 1.07. The maximum Gasteiger partial charge on any atom is 0.233 e. The zero-order chi connectivity index (χ0) is 17.6. The van der Waals surface area contributed by atoms with E-state index in [0.29, 0.717) is 5.75 Å². The summed E-state index contributed by atoms with van der Waals surface area (Å²) in [5.41, 5.74) is 2.43. The van der Waals surface area contributed by atoms with Gasteiger partial charge in [0, 0.05) is 54.5 Å². The number of carbonyl (C=O) groups is 1. The summed E-state index contributed by atoms with van der Waals surface area (Å²) in [5.74, 6) is 0.735. The van der Waals surface area contributed by atoms with Crippen molar-refractivity contribution in [1.29, 1.82) is 0 Å². The molecular weight excluding hydrogens is 398 g/mol. The number of amides is 1. The van der Waals surface area contributed by atoms with Crippen LogP contribution in [0.3, 0.4) is 0 Å². The molecule has 1 aliphatic heterocycles. The standard InChI is InChI=1S/C19H22BrN3OS/c1-15-11-17(20)4-5-18(15)25-14-19(24)23-9-7-22(8-10-23)13-16-3-2-6-21-12-16/h2-6,11-12H,7-10,13-14H2,1H3. The highest BCUT2D eigenvalue weighted by atomic mass is 79.9. The quantitative estimate of drug-likeness (QED) is 0.693. The molecule has 0 N–H and O–H groups in total. The fourth-order valence-electron chi connectivity index (χ4n) is 2.91. The van der Waals surface area contributed by atoms with Crippen molar-refractivity contribution in [2.75, 3.05) is 31.9 Å². The molecule has 0 spiro atoms. The smallest absolute Gasteiger partial charge is 0.233 e. The molecule has 25 heavy (non-hydrogen) atoms. The Balaban J connectivity index is 1.45. The number of piperazine rings is 1. The molecule has 2 aromatic rings. The van der Waals surface area contributed by atoms with Crippen LogP contribution in [-0.4, -0.2) is 52.6 Å². The Morgan fingerprint density at radius 1 is 1.24 bits per heavy atom. The molecule has 6 heteroatoms. The normalized spacial score (nSPS) is 15.4. The number of aromatic nitrogens is 1. The number of benzene rings is 1. The molecule has 2 heterocycles. The van der Waals surface area contributed by atoms with E-state index in [-0.39, 0.29) is 5.91 Å². The highest BCUT2D eigenvalue weighted by Gasteiger charge is 2.21. The molecule has 0 saturated carbocycles. The van der Waals surface area contributed by atoms with Gasteiger partial charge in [0.05, 0.1) is 5.75 Å². The van der Waals surface area contributed by atoms with E-state index in [0.717, 1.165) is 37.2 Å². The maximum atomic E-state index is 12.5. The summed E-state index contributed by atoms with van der Waals surface area (Å²) in [6.07, 6.45) is 3.71. The number of halogens is 1. The molecular formula is C19H22BrN3OS. The van der Waals surface area contributed by atoms with Crippen molar-refractivity contribution in [1.82, 2.24) is 14.8 Å². The van der Waals surface area contributed by atoms with Gasteiger partial charge in [0.15, 0.2) is 0 Å². The largest absolute Gasteiger partial charge is 0.339 e. The number of aryl methyl sites for hydroxylation is 1. The molecule has 0 bridgehead atoms. The van der Waals surface area contributed by atoms with Crippen LogP contribution in [-0.2, 0) is 11.3 Å². The average molecular weight is 420 g/mol. The summed E-state index contributed by atoms with van der Waals surface area (Å²) in [5, 5.41) is 0. The maximum absolute atomic E-state index is 12.5. The minimum absolute atomic E-state index is 0.230. The van der Waals surface area contributed by atoms with Gasteiger partial charge in [-0.05, 0) is 42.3 Å². The first-order valence-electron chi connectivity index (χ1n) is 8.40. The molecule has 1 aromatic carbocycles. The second-order valence-electron chi connectivity index (χ2n) is 6.22. The Morgan fingerprint density at radius 2 is 2.04 bits per heavy atom. The first kappa shape index (κ1) is 18.4. The van der Waals surface area contributed by atoms with Gasteiger partial charge in [0.25, 0.3) is 0 Å². The Bertz CT molecular complexity index is 718. The second kappa shape index (κ2) is 8.83. The van der Waals surface area contributed by atoms with E-state index in [2.05, 4.69) is 50.9 Å². The predicted molar refractivity (Wildman–Crippen MR) is 106 cm³/mol. The second-order valence-corrected chi connectivity index (χ2v) is 8.15. The zero-order valence-electron chi connectivity index (χ0n) is 14.3. The van der Waals surface area contributed by atoms with Gasteiger partial charge in [-0.15, -0.1) is 11.8 Å². The third-order valence-electron chi connectivity index (χ3n) is 4.34. The van der Waals surface area contributed by atoms with Crippen LogP contribution in [0.1, 0.15) is 11.1 Å². The van der Waals surface area contributed by atoms with Crippen LogP contribution in [0.2, 0.25) is 0 Å². The fourth-order valence-corrected chi connectivity index (χ4v) is 4.30. The van der Waals surface area contributed by atoms with Gasteiger partial charge in [0.1, 0.15) is 0 Å². The Labute approximate surface area is 161 Å². The summed E-state index contributed by atoms with van der Waals surface area (Å²) in [7, 11) is 0. The van der Waals surface area contributed by atoms with E-state index in [9.17, 15) is 4.79 Å². The molecule has 0 atom stereocenters. The summed E-state index contributed by atoms with van der Waals surface area (Å²) in [6.45, 7) is 6.43. The Morgan fingerprint density at radius 3 is 2.72 bits per heavy atom. The zero-order valence-corrected chi connectivity index (χ0v) is 16.7. The first-order chi connectivity index (χ1) is 12.1. The number of hydrogen-bond acceptors (Lipinski definition) is 4. The molecule has 1 amide bonds. The lowest BCUT2D eigenvalue weighted by molar-refractivity contribution is -0.130. The van der Waals surface area contributed by atoms with Gasteiger partial charge in [0.2, 0.25) is 5.91 Å². The average Bonchev–Trinajstić information content (AvgIpc) is 2.62. The lowest BCUT2D eigenvalue weighted by Gasteiger charge is -2.34. The van der Waals surface area contributed by atoms with Crippen molar-refractivity contribution in [3.63, 3.8) is 0 Å². The third kappa shape index (κ3) is 5.30. The van der Waals surface area contributed by atoms with Crippen LogP contribution in [0.4, 0.5) is 0 Å². The number of carbonyl (C=O) groups excluding carboxylic acids is 1. The van der Waals surface area contributed by atoms with Crippen molar-refractivity contribution in [3.05, 3.63) is 58.3 Å². The topological polar surface area (TPSA) is 36.4 Å². The van der Waals surface area contributed by atoms with Crippen molar-refractivity contribution in [2.45, 2.75) is 18.4 Å². The number of nitrogens with zero attached hydrogens (tertiary/aromatic N) is 3. The van der Waals surface area contributed by atoms with Crippen molar-refractivity contribution in [3.8, 4) is 0 Å². The summed E-state index contributed by atoms with van der Waals surface area (Å²) >= 11 is 5.10. The number of pyridine rings is 1. The SMILES string of the molecule is Cc1cc(Br)ccc1SCC(=O)N1CCN(Cc2cccnc2)CC1. The number of rotatable bonds is 5. The molecule has 3 rings (SSSR count). The van der Waals surface area contributed by atoms with Gasteiger partial charge >= 0.3 is 0 Å². The van der Waals surface area contributed by atoms with Crippen LogP contribution < -0.4 is 0 Å². The van der Waals surface area contributed by atoms with Crippen LogP contribution in [0.25, 0.3) is 0 Å². The summed E-state index contributed by atoms with van der Waals surface area (Å²) in [4.78, 5) is 22.2. The highest BCUT2D eigenvalue weighted by Crippen LogP contribution is 2.25. The van der Waals surface area contributed by atoms with E-state index in [4.69, 9.17) is 0 Å². The molecule has 132 valence electrons. The van der Waals surface area contributed by atoms with Gasteiger partial charge in [-0.2, -0.15) is 0 Å². The Kier molecular flexibility index (Phi) is 6.51.